The Morgan fingerprint density at radius 3 is 1.57 bits per heavy atom. The second-order valence-corrected chi connectivity index (χ2v) is 9.04. The van der Waals surface area contributed by atoms with Gasteiger partial charge in [-0.15, -0.1) is 0 Å². The summed E-state index contributed by atoms with van der Waals surface area (Å²) >= 11 is 0. The number of amides is 4. The maximum Gasteiger partial charge on any atom is 0.335 e. The van der Waals surface area contributed by atoms with Gasteiger partial charge in [-0.05, 0) is 60.9 Å². The van der Waals surface area contributed by atoms with E-state index >= 15 is 0 Å². The molecule has 2 aliphatic heterocycles. The van der Waals surface area contributed by atoms with Crippen LogP contribution >= 0.6 is 0 Å². The number of carbonyl (C=O) groups is 6. The maximum absolute atomic E-state index is 13.5. The Morgan fingerprint density at radius 1 is 0.600 bits per heavy atom. The van der Waals surface area contributed by atoms with Crippen LogP contribution in [0.1, 0.15) is 73.3 Å². The van der Waals surface area contributed by atoms with E-state index in [9.17, 15) is 49.2 Å². The molecule has 0 unspecified atom stereocenters. The zero-order valence-electron chi connectivity index (χ0n) is 20.6. The predicted octanol–water partition coefficient (Wildman–Crippen LogP) is 1.75. The molecule has 0 radical (unpaired) electrons. The van der Waals surface area contributed by atoms with Gasteiger partial charge in [0.2, 0.25) is 0 Å². The SMILES string of the molecule is O=C(O)c1ccc2c(c1)C(=O)N(c1ccc(CCO)c(N3C(=O)c4ccc(C(=O)O)cc4C3=O)c1CCO)C2=O. The number of benzene rings is 3. The summed E-state index contributed by atoms with van der Waals surface area (Å²) in [6.07, 6.45) is -0.253. The van der Waals surface area contributed by atoms with Gasteiger partial charge >= 0.3 is 11.9 Å². The molecule has 202 valence electrons. The van der Waals surface area contributed by atoms with Crippen LogP contribution in [0.15, 0.2) is 48.5 Å². The highest BCUT2D eigenvalue weighted by atomic mass is 16.4. The number of aliphatic hydroxyl groups excluding tert-OH is 2. The number of imide groups is 2. The van der Waals surface area contributed by atoms with Gasteiger partial charge in [0.1, 0.15) is 0 Å². The Hall–Kier alpha value is -5.20. The summed E-state index contributed by atoms with van der Waals surface area (Å²) < 4.78 is 0. The average Bonchev–Trinajstić information content (AvgIpc) is 3.33. The summed E-state index contributed by atoms with van der Waals surface area (Å²) in [4.78, 5) is 78.2. The van der Waals surface area contributed by atoms with E-state index in [0.717, 1.165) is 21.9 Å². The molecule has 2 aliphatic rings. The number of nitrogens with zero attached hydrogens (tertiary/aromatic N) is 2. The van der Waals surface area contributed by atoms with Crippen LogP contribution in [-0.4, -0.2) is 69.2 Å². The number of fused-ring (bicyclic) bond motifs is 2. The molecular formula is C28H20N2O10. The van der Waals surface area contributed by atoms with Crippen LogP contribution in [0.25, 0.3) is 0 Å². The Bertz CT molecular complexity index is 1680. The molecule has 12 heteroatoms. The van der Waals surface area contributed by atoms with Crippen LogP contribution in [0.4, 0.5) is 11.4 Å². The van der Waals surface area contributed by atoms with Crippen molar-refractivity contribution in [1.29, 1.82) is 0 Å². The molecule has 12 nitrogen and oxygen atoms in total. The van der Waals surface area contributed by atoms with E-state index in [4.69, 9.17) is 0 Å². The second kappa shape index (κ2) is 9.84. The first-order valence-electron chi connectivity index (χ1n) is 12.0. The molecule has 0 saturated carbocycles. The first-order valence-corrected chi connectivity index (χ1v) is 12.0. The summed E-state index contributed by atoms with van der Waals surface area (Å²) in [6.45, 7) is -0.899. The number of anilines is 2. The smallest absolute Gasteiger partial charge is 0.335 e. The van der Waals surface area contributed by atoms with Gasteiger partial charge in [-0.1, -0.05) is 6.07 Å². The fraction of sp³-hybridized carbons (Fsp3) is 0.143. The lowest BCUT2D eigenvalue weighted by Crippen LogP contribution is -2.34. The molecule has 3 aromatic carbocycles. The highest BCUT2D eigenvalue weighted by Gasteiger charge is 2.42. The molecule has 0 saturated heterocycles. The largest absolute Gasteiger partial charge is 0.478 e. The van der Waals surface area contributed by atoms with Crippen molar-refractivity contribution in [2.24, 2.45) is 0 Å². The van der Waals surface area contributed by atoms with E-state index < -0.39 is 42.2 Å². The van der Waals surface area contributed by atoms with Crippen molar-refractivity contribution in [3.63, 3.8) is 0 Å². The number of carboxylic acid groups (broad SMARTS) is 2. The van der Waals surface area contributed by atoms with Crippen LogP contribution in [0, 0.1) is 0 Å². The molecule has 5 rings (SSSR count). The zero-order chi connectivity index (χ0) is 28.9. The van der Waals surface area contributed by atoms with E-state index in [1.54, 1.807) is 0 Å². The number of hydrogen-bond acceptors (Lipinski definition) is 8. The van der Waals surface area contributed by atoms with Crippen molar-refractivity contribution in [3.05, 3.63) is 93.0 Å². The fourth-order valence-corrected chi connectivity index (χ4v) is 5.01. The Kier molecular flexibility index (Phi) is 6.49. The quantitative estimate of drug-likeness (QED) is 0.304. The number of aliphatic hydroxyl groups is 2. The van der Waals surface area contributed by atoms with Gasteiger partial charge in [0.25, 0.3) is 23.6 Å². The lowest BCUT2D eigenvalue weighted by molar-refractivity contribution is 0.0686. The molecule has 0 fully saturated rings. The van der Waals surface area contributed by atoms with Crippen molar-refractivity contribution in [1.82, 2.24) is 0 Å². The summed E-state index contributed by atoms with van der Waals surface area (Å²) in [5.74, 6) is -5.85. The number of carbonyl (C=O) groups excluding carboxylic acids is 4. The minimum absolute atomic E-state index is 0.0358. The number of aromatic carboxylic acids is 2. The van der Waals surface area contributed by atoms with Gasteiger partial charge in [0.15, 0.2) is 0 Å². The topological polar surface area (TPSA) is 190 Å². The van der Waals surface area contributed by atoms with Gasteiger partial charge in [-0.3, -0.25) is 19.2 Å². The minimum atomic E-state index is -1.30. The monoisotopic (exact) mass is 544 g/mol. The summed E-state index contributed by atoms with van der Waals surface area (Å²) in [6, 6.07) is 9.77. The summed E-state index contributed by atoms with van der Waals surface area (Å²) in [5, 5.41) is 38.3. The van der Waals surface area contributed by atoms with Crippen LogP contribution in [0.3, 0.4) is 0 Å². The molecule has 40 heavy (non-hydrogen) atoms. The Morgan fingerprint density at radius 2 is 1.07 bits per heavy atom. The fourth-order valence-electron chi connectivity index (χ4n) is 5.01. The third-order valence-electron chi connectivity index (χ3n) is 6.82. The lowest BCUT2D eigenvalue weighted by atomic mass is 9.98. The van der Waals surface area contributed by atoms with Crippen LogP contribution in [-0.2, 0) is 12.8 Å². The van der Waals surface area contributed by atoms with Crippen molar-refractivity contribution in [2.75, 3.05) is 23.0 Å². The second-order valence-electron chi connectivity index (χ2n) is 9.04. The van der Waals surface area contributed by atoms with Crippen molar-refractivity contribution >= 4 is 46.9 Å². The lowest BCUT2D eigenvalue weighted by Gasteiger charge is -2.26. The van der Waals surface area contributed by atoms with Gasteiger partial charge in [-0.2, -0.15) is 0 Å². The minimum Gasteiger partial charge on any atom is -0.478 e. The summed E-state index contributed by atoms with van der Waals surface area (Å²) in [5.41, 5.74) is -0.564. The van der Waals surface area contributed by atoms with Gasteiger partial charge in [0, 0.05) is 18.8 Å². The molecule has 2 heterocycles. The standard InChI is InChI=1S/C28H20N2O10/c31-9-7-13-3-6-21(29-23(33)16-4-1-14(27(37)38)11-19(16)25(29)35)18(8-10-32)22(13)30-24(34)17-5-2-15(28(39)40)12-20(17)26(30)36/h1-6,11-12,31-32H,7-10H2,(H,37,38)(H,39,40). The molecule has 0 aliphatic carbocycles. The van der Waals surface area contributed by atoms with Crippen molar-refractivity contribution < 1.29 is 49.2 Å². The van der Waals surface area contributed by atoms with E-state index in [1.165, 1.54) is 36.4 Å². The third kappa shape index (κ3) is 3.94. The van der Waals surface area contributed by atoms with Crippen molar-refractivity contribution in [3.8, 4) is 0 Å². The molecule has 4 amide bonds. The molecule has 0 aromatic heterocycles. The van der Waals surface area contributed by atoms with Gasteiger partial charge < -0.3 is 20.4 Å². The van der Waals surface area contributed by atoms with Crippen LogP contribution in [0.5, 0.6) is 0 Å². The van der Waals surface area contributed by atoms with Crippen LogP contribution < -0.4 is 9.80 Å². The predicted molar refractivity (Wildman–Crippen MR) is 137 cm³/mol. The molecule has 4 N–H and O–H groups in total. The normalized spacial score (nSPS) is 14.2. The molecule has 0 atom stereocenters. The Balaban J connectivity index is 1.69. The molecule has 0 bridgehead atoms. The number of rotatable bonds is 8. The zero-order valence-corrected chi connectivity index (χ0v) is 20.6. The van der Waals surface area contributed by atoms with E-state index in [-0.39, 0.29) is 69.8 Å². The van der Waals surface area contributed by atoms with Gasteiger partial charge in [-0.25, -0.2) is 19.4 Å². The number of carboxylic acids is 2. The van der Waals surface area contributed by atoms with Gasteiger partial charge in [0.05, 0.1) is 44.8 Å². The first-order chi connectivity index (χ1) is 19.1. The summed E-state index contributed by atoms with van der Waals surface area (Å²) in [7, 11) is 0. The average molecular weight is 544 g/mol. The van der Waals surface area contributed by atoms with Crippen molar-refractivity contribution in [2.45, 2.75) is 12.8 Å². The highest BCUT2D eigenvalue weighted by molar-refractivity contribution is 6.37. The Labute approximate surface area is 225 Å². The third-order valence-corrected chi connectivity index (χ3v) is 6.82. The van der Waals surface area contributed by atoms with E-state index in [1.807, 2.05) is 0 Å². The first kappa shape index (κ1) is 26.4. The molecular weight excluding hydrogens is 524 g/mol. The highest BCUT2D eigenvalue weighted by Crippen LogP contribution is 2.41. The van der Waals surface area contributed by atoms with E-state index in [0.29, 0.717) is 5.56 Å². The maximum atomic E-state index is 13.5. The molecule has 3 aromatic rings. The van der Waals surface area contributed by atoms with E-state index in [2.05, 4.69) is 0 Å². The molecule has 0 spiro atoms. The number of hydrogen-bond donors (Lipinski definition) is 4. The van der Waals surface area contributed by atoms with Crippen LogP contribution in [0.2, 0.25) is 0 Å².